The Labute approximate surface area is 60.0 Å². The number of nitriles is 1. The fraction of sp³-hybridized carbons (Fsp3) is 0.667. The molecule has 0 rings (SSSR count). The van der Waals surface area contributed by atoms with E-state index >= 15 is 0 Å². The predicted octanol–water partition coefficient (Wildman–Crippen LogP) is -0.637. The molecule has 0 heterocycles. The van der Waals surface area contributed by atoms with Crippen molar-refractivity contribution in [2.75, 3.05) is 6.54 Å². The van der Waals surface area contributed by atoms with Crippen molar-refractivity contribution in [1.29, 1.82) is 5.26 Å². The number of nitrogens with zero attached hydrogens (tertiary/aromatic N) is 1. The predicted molar refractivity (Wildman–Crippen MR) is 36.9 cm³/mol. The molecule has 0 aromatic carbocycles. The van der Waals surface area contributed by atoms with Crippen LogP contribution in [0.15, 0.2) is 0 Å². The van der Waals surface area contributed by atoms with Gasteiger partial charge in [-0.25, -0.2) is 0 Å². The lowest BCUT2D eigenvalue weighted by atomic mass is 10.2. The monoisotopic (exact) mass is 141 g/mol. The minimum absolute atomic E-state index is 0.0343. The highest BCUT2D eigenvalue weighted by Crippen LogP contribution is 1.83. The van der Waals surface area contributed by atoms with E-state index in [4.69, 9.17) is 11.0 Å². The third-order valence-electron chi connectivity index (χ3n) is 1.12. The molecular weight excluding hydrogens is 130 g/mol. The van der Waals surface area contributed by atoms with E-state index in [1.54, 1.807) is 6.07 Å². The Morgan fingerprint density at radius 3 is 2.90 bits per heavy atom. The standard InChI is InChI=1S/C6H11N3O/c1-2-5(8)6(10)9-4-3-7/h5H,2,4,8H2,1H3,(H,9,10). The van der Waals surface area contributed by atoms with Crippen LogP contribution in [0.3, 0.4) is 0 Å². The van der Waals surface area contributed by atoms with Crippen LogP contribution in [0.1, 0.15) is 13.3 Å². The van der Waals surface area contributed by atoms with Crippen LogP contribution in [0, 0.1) is 11.3 Å². The zero-order valence-electron chi connectivity index (χ0n) is 5.92. The smallest absolute Gasteiger partial charge is 0.237 e. The molecule has 0 aromatic rings. The maximum Gasteiger partial charge on any atom is 0.237 e. The number of nitrogens with two attached hydrogens (primary N) is 1. The molecule has 0 saturated heterocycles. The lowest BCUT2D eigenvalue weighted by Gasteiger charge is -2.05. The number of hydrogen-bond acceptors (Lipinski definition) is 3. The lowest BCUT2D eigenvalue weighted by Crippen LogP contribution is -2.40. The van der Waals surface area contributed by atoms with E-state index in [0.717, 1.165) is 0 Å². The maximum atomic E-state index is 10.7. The fourth-order valence-corrected chi connectivity index (χ4v) is 0.443. The summed E-state index contributed by atoms with van der Waals surface area (Å²) in [5.74, 6) is -0.260. The summed E-state index contributed by atoms with van der Waals surface area (Å²) in [5.41, 5.74) is 5.34. The maximum absolute atomic E-state index is 10.7. The Morgan fingerprint density at radius 1 is 1.90 bits per heavy atom. The van der Waals surface area contributed by atoms with Gasteiger partial charge in [-0.3, -0.25) is 4.79 Å². The molecular formula is C6H11N3O. The average Bonchev–Trinajstić information content (AvgIpc) is 1.98. The van der Waals surface area contributed by atoms with Crippen molar-refractivity contribution in [3.8, 4) is 6.07 Å². The summed E-state index contributed by atoms with van der Waals surface area (Å²) < 4.78 is 0. The van der Waals surface area contributed by atoms with E-state index in [2.05, 4.69) is 5.32 Å². The zero-order chi connectivity index (χ0) is 7.98. The molecule has 4 heteroatoms. The molecule has 0 fully saturated rings. The molecule has 0 radical (unpaired) electrons. The first kappa shape index (κ1) is 8.92. The van der Waals surface area contributed by atoms with Gasteiger partial charge in [-0.1, -0.05) is 6.92 Å². The van der Waals surface area contributed by atoms with Crippen LogP contribution < -0.4 is 11.1 Å². The van der Waals surface area contributed by atoms with Gasteiger partial charge < -0.3 is 11.1 Å². The molecule has 3 N–H and O–H groups in total. The lowest BCUT2D eigenvalue weighted by molar-refractivity contribution is -0.122. The van der Waals surface area contributed by atoms with E-state index in [-0.39, 0.29) is 12.5 Å². The minimum atomic E-state index is -0.478. The van der Waals surface area contributed by atoms with E-state index in [1.807, 2.05) is 6.92 Å². The SMILES string of the molecule is CCC(N)C(=O)NCC#N. The number of nitrogens with one attached hydrogen (secondary N) is 1. The van der Waals surface area contributed by atoms with Crippen molar-refractivity contribution in [2.45, 2.75) is 19.4 Å². The first-order chi connectivity index (χ1) is 4.72. The topological polar surface area (TPSA) is 78.9 Å². The van der Waals surface area contributed by atoms with Crippen molar-refractivity contribution in [1.82, 2.24) is 5.32 Å². The molecule has 10 heavy (non-hydrogen) atoms. The number of carbonyl (C=O) groups is 1. The van der Waals surface area contributed by atoms with Gasteiger partial charge in [-0.05, 0) is 6.42 Å². The van der Waals surface area contributed by atoms with Crippen LogP contribution in [0.2, 0.25) is 0 Å². The first-order valence-electron chi connectivity index (χ1n) is 3.12. The van der Waals surface area contributed by atoms with Gasteiger partial charge in [0.1, 0.15) is 6.54 Å². The van der Waals surface area contributed by atoms with E-state index in [9.17, 15) is 4.79 Å². The Morgan fingerprint density at radius 2 is 2.50 bits per heavy atom. The summed E-state index contributed by atoms with van der Waals surface area (Å²) >= 11 is 0. The van der Waals surface area contributed by atoms with Gasteiger partial charge in [-0.2, -0.15) is 5.26 Å². The summed E-state index contributed by atoms with van der Waals surface area (Å²) in [6.07, 6.45) is 0.595. The minimum Gasteiger partial charge on any atom is -0.342 e. The number of hydrogen-bond donors (Lipinski definition) is 2. The molecule has 1 amide bonds. The van der Waals surface area contributed by atoms with Gasteiger partial charge in [-0.15, -0.1) is 0 Å². The molecule has 4 nitrogen and oxygen atoms in total. The summed E-state index contributed by atoms with van der Waals surface area (Å²) in [6, 6.07) is 1.31. The van der Waals surface area contributed by atoms with Gasteiger partial charge in [0, 0.05) is 0 Å². The fourth-order valence-electron chi connectivity index (χ4n) is 0.443. The Balaban J connectivity index is 3.54. The van der Waals surface area contributed by atoms with Crippen LogP contribution in [0.4, 0.5) is 0 Å². The molecule has 0 aliphatic heterocycles. The summed E-state index contributed by atoms with van der Waals surface area (Å²) in [6.45, 7) is 1.85. The molecule has 1 unspecified atom stereocenters. The highest BCUT2D eigenvalue weighted by molar-refractivity contribution is 5.81. The van der Waals surface area contributed by atoms with Crippen molar-refractivity contribution in [3.05, 3.63) is 0 Å². The second-order valence-corrected chi connectivity index (χ2v) is 1.89. The Bertz CT molecular complexity index is 150. The molecule has 0 aromatic heterocycles. The van der Waals surface area contributed by atoms with Crippen LogP contribution in [-0.4, -0.2) is 18.5 Å². The van der Waals surface area contributed by atoms with Crippen LogP contribution in [0.5, 0.6) is 0 Å². The van der Waals surface area contributed by atoms with Crippen LogP contribution in [-0.2, 0) is 4.79 Å². The van der Waals surface area contributed by atoms with Crippen LogP contribution >= 0.6 is 0 Å². The quantitative estimate of drug-likeness (QED) is 0.513. The third-order valence-corrected chi connectivity index (χ3v) is 1.12. The first-order valence-corrected chi connectivity index (χ1v) is 3.12. The van der Waals surface area contributed by atoms with E-state index in [1.165, 1.54) is 0 Å². The third kappa shape index (κ3) is 3.05. The van der Waals surface area contributed by atoms with Gasteiger partial charge in [0.15, 0.2) is 0 Å². The molecule has 1 atom stereocenters. The summed E-state index contributed by atoms with van der Waals surface area (Å²) in [5, 5.41) is 10.4. The van der Waals surface area contributed by atoms with Gasteiger partial charge in [0.2, 0.25) is 5.91 Å². The normalized spacial score (nSPS) is 11.7. The number of rotatable bonds is 3. The Kier molecular flexibility index (Phi) is 4.25. The van der Waals surface area contributed by atoms with Crippen LogP contribution in [0.25, 0.3) is 0 Å². The van der Waals surface area contributed by atoms with Crippen molar-refractivity contribution >= 4 is 5.91 Å². The number of carbonyl (C=O) groups excluding carboxylic acids is 1. The van der Waals surface area contributed by atoms with E-state index < -0.39 is 6.04 Å². The van der Waals surface area contributed by atoms with Crippen molar-refractivity contribution in [2.24, 2.45) is 5.73 Å². The molecule has 0 bridgehead atoms. The van der Waals surface area contributed by atoms with Gasteiger partial charge in [0.25, 0.3) is 0 Å². The van der Waals surface area contributed by atoms with Gasteiger partial charge >= 0.3 is 0 Å². The number of amides is 1. The zero-order valence-corrected chi connectivity index (χ0v) is 5.92. The van der Waals surface area contributed by atoms with Crippen molar-refractivity contribution < 1.29 is 4.79 Å². The van der Waals surface area contributed by atoms with Gasteiger partial charge in [0.05, 0.1) is 12.1 Å². The largest absolute Gasteiger partial charge is 0.342 e. The molecule has 0 spiro atoms. The highest BCUT2D eigenvalue weighted by atomic mass is 16.2. The second kappa shape index (κ2) is 4.77. The molecule has 0 saturated carbocycles. The Hall–Kier alpha value is -1.08. The summed E-state index contributed by atoms with van der Waals surface area (Å²) in [4.78, 5) is 10.7. The highest BCUT2D eigenvalue weighted by Gasteiger charge is 2.08. The van der Waals surface area contributed by atoms with Crippen molar-refractivity contribution in [3.63, 3.8) is 0 Å². The summed E-state index contributed by atoms with van der Waals surface area (Å²) in [7, 11) is 0. The second-order valence-electron chi connectivity index (χ2n) is 1.89. The molecule has 56 valence electrons. The average molecular weight is 141 g/mol. The molecule has 0 aliphatic rings. The molecule has 0 aliphatic carbocycles. The van der Waals surface area contributed by atoms with E-state index in [0.29, 0.717) is 6.42 Å².